The summed E-state index contributed by atoms with van der Waals surface area (Å²) in [5.41, 5.74) is 1.64. The summed E-state index contributed by atoms with van der Waals surface area (Å²) >= 11 is 9.42. The highest BCUT2D eigenvalue weighted by molar-refractivity contribution is 9.10. The van der Waals surface area contributed by atoms with Gasteiger partial charge in [0.15, 0.2) is 11.5 Å². The first kappa shape index (κ1) is 15.0. The second kappa shape index (κ2) is 6.86. The van der Waals surface area contributed by atoms with Gasteiger partial charge in [-0.3, -0.25) is 0 Å². The molecule has 5 heteroatoms. The van der Waals surface area contributed by atoms with Crippen molar-refractivity contribution in [2.24, 2.45) is 0 Å². The van der Waals surface area contributed by atoms with Crippen LogP contribution in [0.5, 0.6) is 11.5 Å². The van der Waals surface area contributed by atoms with E-state index in [1.54, 1.807) is 6.07 Å². The third-order valence-corrected chi connectivity index (χ3v) is 3.71. The number of aromatic hydroxyl groups is 1. The maximum Gasteiger partial charge on any atom is 0.162 e. The van der Waals surface area contributed by atoms with E-state index in [9.17, 15) is 5.11 Å². The van der Waals surface area contributed by atoms with Gasteiger partial charge in [-0.25, -0.2) is 0 Å². The maximum absolute atomic E-state index is 10.1. The molecule has 0 saturated carbocycles. The molecule has 0 aliphatic carbocycles. The van der Waals surface area contributed by atoms with Gasteiger partial charge in [-0.1, -0.05) is 23.7 Å². The minimum absolute atomic E-state index is 0.167. The molecule has 2 rings (SSSR count). The zero-order valence-electron chi connectivity index (χ0n) is 11.0. The first-order chi connectivity index (χ1) is 9.61. The molecule has 0 radical (unpaired) electrons. The molecule has 0 unspecified atom stereocenters. The van der Waals surface area contributed by atoms with Crippen molar-refractivity contribution in [1.82, 2.24) is 0 Å². The molecule has 0 heterocycles. The van der Waals surface area contributed by atoms with Gasteiger partial charge >= 0.3 is 0 Å². The number of benzene rings is 2. The van der Waals surface area contributed by atoms with Crippen molar-refractivity contribution in [3.8, 4) is 11.5 Å². The number of rotatable bonds is 5. The Hall–Kier alpha value is -1.39. The summed E-state index contributed by atoms with van der Waals surface area (Å²) < 4.78 is 6.28. The SMILES string of the molecule is CCOc1cccc(CNc2cc(Cl)ccc2Br)c1O. The van der Waals surface area contributed by atoms with Gasteiger partial charge in [-0.2, -0.15) is 0 Å². The minimum Gasteiger partial charge on any atom is -0.504 e. The molecule has 0 atom stereocenters. The van der Waals surface area contributed by atoms with Crippen LogP contribution in [0.15, 0.2) is 40.9 Å². The molecule has 0 bridgehead atoms. The highest BCUT2D eigenvalue weighted by Crippen LogP contribution is 2.31. The third-order valence-electron chi connectivity index (χ3n) is 2.78. The van der Waals surface area contributed by atoms with Gasteiger partial charge in [-0.15, -0.1) is 0 Å². The number of anilines is 1. The van der Waals surface area contributed by atoms with E-state index in [0.29, 0.717) is 23.9 Å². The highest BCUT2D eigenvalue weighted by Gasteiger charge is 2.08. The number of para-hydroxylation sites is 1. The van der Waals surface area contributed by atoms with E-state index in [-0.39, 0.29) is 5.75 Å². The van der Waals surface area contributed by atoms with Crippen LogP contribution in [0.25, 0.3) is 0 Å². The zero-order valence-corrected chi connectivity index (χ0v) is 13.3. The Morgan fingerprint density at radius 2 is 2.10 bits per heavy atom. The zero-order chi connectivity index (χ0) is 14.5. The fraction of sp³-hybridized carbons (Fsp3) is 0.200. The smallest absolute Gasteiger partial charge is 0.162 e. The summed E-state index contributed by atoms with van der Waals surface area (Å²) in [7, 11) is 0. The molecule has 2 aromatic carbocycles. The van der Waals surface area contributed by atoms with E-state index in [0.717, 1.165) is 15.7 Å². The lowest BCUT2D eigenvalue weighted by Crippen LogP contribution is -2.01. The van der Waals surface area contributed by atoms with Crippen LogP contribution < -0.4 is 10.1 Å². The van der Waals surface area contributed by atoms with Crippen molar-refractivity contribution >= 4 is 33.2 Å². The van der Waals surface area contributed by atoms with Gasteiger partial charge in [0.05, 0.1) is 12.3 Å². The largest absolute Gasteiger partial charge is 0.504 e. The van der Waals surface area contributed by atoms with E-state index >= 15 is 0 Å². The molecule has 3 nitrogen and oxygen atoms in total. The number of halogens is 2. The first-order valence-corrected chi connectivity index (χ1v) is 7.41. The Balaban J connectivity index is 2.14. The predicted molar refractivity (Wildman–Crippen MR) is 85.8 cm³/mol. The van der Waals surface area contributed by atoms with Crippen molar-refractivity contribution in [3.05, 3.63) is 51.5 Å². The summed E-state index contributed by atoms with van der Waals surface area (Å²) in [6, 6.07) is 11.0. The van der Waals surface area contributed by atoms with Gasteiger partial charge in [0.2, 0.25) is 0 Å². The molecule has 0 aliphatic rings. The topological polar surface area (TPSA) is 41.5 Å². The number of ether oxygens (including phenoxy) is 1. The van der Waals surface area contributed by atoms with Crippen LogP contribution in [0.4, 0.5) is 5.69 Å². The number of phenols is 1. The molecule has 0 amide bonds. The van der Waals surface area contributed by atoms with Crippen LogP contribution >= 0.6 is 27.5 Å². The minimum atomic E-state index is 0.167. The fourth-order valence-corrected chi connectivity index (χ4v) is 2.36. The van der Waals surface area contributed by atoms with Gasteiger partial charge < -0.3 is 15.2 Å². The number of hydrogen-bond donors (Lipinski definition) is 2. The van der Waals surface area contributed by atoms with Crippen molar-refractivity contribution < 1.29 is 9.84 Å². The Morgan fingerprint density at radius 3 is 2.85 bits per heavy atom. The van der Waals surface area contributed by atoms with E-state index in [1.165, 1.54) is 0 Å². The molecule has 2 N–H and O–H groups in total. The fourth-order valence-electron chi connectivity index (χ4n) is 1.81. The molecule has 0 aliphatic heterocycles. The Morgan fingerprint density at radius 1 is 1.30 bits per heavy atom. The number of phenolic OH excluding ortho intramolecular Hbond substituents is 1. The van der Waals surface area contributed by atoms with Gasteiger partial charge in [0.1, 0.15) is 0 Å². The molecule has 0 spiro atoms. The van der Waals surface area contributed by atoms with Crippen LogP contribution in [-0.2, 0) is 6.54 Å². The molecule has 0 fully saturated rings. The number of nitrogens with one attached hydrogen (secondary N) is 1. The Labute approximate surface area is 131 Å². The van der Waals surface area contributed by atoms with E-state index in [2.05, 4.69) is 21.2 Å². The number of hydrogen-bond acceptors (Lipinski definition) is 3. The highest BCUT2D eigenvalue weighted by atomic mass is 79.9. The standard InChI is InChI=1S/C15H15BrClNO2/c1-2-20-14-5-3-4-10(15(14)19)9-18-13-8-11(17)6-7-12(13)16/h3-8,18-19H,2,9H2,1H3. The monoisotopic (exact) mass is 355 g/mol. The normalized spacial score (nSPS) is 10.3. The quantitative estimate of drug-likeness (QED) is 0.807. The van der Waals surface area contributed by atoms with Crippen LogP contribution in [0.3, 0.4) is 0 Å². The lowest BCUT2D eigenvalue weighted by molar-refractivity contribution is 0.317. The Kier molecular flexibility index (Phi) is 5.15. The second-order valence-electron chi connectivity index (χ2n) is 4.17. The van der Waals surface area contributed by atoms with E-state index in [4.69, 9.17) is 16.3 Å². The summed E-state index contributed by atoms with van der Waals surface area (Å²) in [5.74, 6) is 0.664. The predicted octanol–water partition coefficient (Wildman–Crippen LogP) is 4.82. The average molecular weight is 357 g/mol. The lowest BCUT2D eigenvalue weighted by Gasteiger charge is -2.12. The van der Waals surface area contributed by atoms with Crippen molar-refractivity contribution in [2.45, 2.75) is 13.5 Å². The van der Waals surface area contributed by atoms with Gasteiger partial charge in [-0.05, 0) is 47.1 Å². The first-order valence-electron chi connectivity index (χ1n) is 6.24. The van der Waals surface area contributed by atoms with Crippen molar-refractivity contribution in [3.63, 3.8) is 0 Å². The van der Waals surface area contributed by atoms with E-state index in [1.807, 2.05) is 37.3 Å². The van der Waals surface area contributed by atoms with Crippen LogP contribution in [0, 0.1) is 0 Å². The summed E-state index contributed by atoms with van der Waals surface area (Å²) in [6.45, 7) is 2.88. The van der Waals surface area contributed by atoms with Crippen molar-refractivity contribution in [1.29, 1.82) is 0 Å². The van der Waals surface area contributed by atoms with Crippen LogP contribution in [0.1, 0.15) is 12.5 Å². The molecular weight excluding hydrogens is 342 g/mol. The molecule has 0 saturated heterocycles. The molecule has 2 aromatic rings. The Bertz CT molecular complexity index is 604. The third kappa shape index (κ3) is 3.58. The molecular formula is C15H15BrClNO2. The summed E-state index contributed by atoms with van der Waals surface area (Å²) in [5, 5.41) is 14.0. The second-order valence-corrected chi connectivity index (χ2v) is 5.47. The van der Waals surface area contributed by atoms with Crippen molar-refractivity contribution in [2.75, 3.05) is 11.9 Å². The van der Waals surface area contributed by atoms with E-state index < -0.39 is 0 Å². The summed E-state index contributed by atoms with van der Waals surface area (Å²) in [4.78, 5) is 0. The maximum atomic E-state index is 10.1. The molecule has 0 aromatic heterocycles. The summed E-state index contributed by atoms with van der Waals surface area (Å²) in [6.07, 6.45) is 0. The lowest BCUT2D eigenvalue weighted by atomic mass is 10.2. The van der Waals surface area contributed by atoms with Gasteiger partial charge in [0.25, 0.3) is 0 Å². The average Bonchev–Trinajstić information content (AvgIpc) is 2.43. The molecule has 106 valence electrons. The van der Waals surface area contributed by atoms with Crippen LogP contribution in [-0.4, -0.2) is 11.7 Å². The van der Waals surface area contributed by atoms with Crippen LogP contribution in [0.2, 0.25) is 5.02 Å². The van der Waals surface area contributed by atoms with Gasteiger partial charge in [0, 0.05) is 21.6 Å². The molecule has 20 heavy (non-hydrogen) atoms.